The second-order valence-corrected chi connectivity index (χ2v) is 16.8. The minimum absolute atomic E-state index is 0.0878. The number of carbonyl (C=O) groups is 8. The Hall–Kier alpha value is -6.82. The van der Waals surface area contributed by atoms with Crippen molar-refractivity contribution >= 4 is 80.2 Å². The van der Waals surface area contributed by atoms with E-state index in [2.05, 4.69) is 13.8 Å². The Balaban J connectivity index is 1.04. The fourth-order valence-electron chi connectivity index (χ4n) is 9.77. The summed E-state index contributed by atoms with van der Waals surface area (Å²) in [6.45, 7) is 8.84. The van der Waals surface area contributed by atoms with Crippen LogP contribution in [-0.4, -0.2) is 70.1 Å². The summed E-state index contributed by atoms with van der Waals surface area (Å²) in [4.78, 5) is 118. The van der Waals surface area contributed by atoms with Gasteiger partial charge in [0.2, 0.25) is 0 Å². The molecule has 0 aliphatic carbocycles. The third-order valence-corrected chi connectivity index (χ3v) is 13.3. The lowest BCUT2D eigenvalue weighted by atomic mass is 9.85. The van der Waals surface area contributed by atoms with Crippen LogP contribution in [0.4, 0.5) is 11.4 Å². The molecule has 0 N–H and O–H groups in total. The molecule has 314 valence electrons. The highest BCUT2D eigenvalue weighted by atomic mass is 16.2. The van der Waals surface area contributed by atoms with Gasteiger partial charge in [-0.25, -0.2) is 9.80 Å². The zero-order valence-corrected chi connectivity index (χ0v) is 35.2. The maximum Gasteiger partial charge on any atom is 0.265 e. The Morgan fingerprint density at radius 1 is 0.387 bits per heavy atom. The smallest absolute Gasteiger partial charge is 0.265 e. The van der Waals surface area contributed by atoms with Gasteiger partial charge in [-0.05, 0) is 91.4 Å². The number of anilines is 2. The SMILES string of the molecule is CCCCC(CC)CN1C(=O)c2ccc3c4c(ccc(c24)C1=O)C(=O)N(c1cccc(N2C(=O)c4ccc5c6c(ccc(c46)C2=O)C(=O)N(CC(CC)CCCC)C5=O)c1)C3=O. The first kappa shape index (κ1) is 40.6. The van der Waals surface area contributed by atoms with Crippen LogP contribution in [0.25, 0.3) is 21.5 Å². The van der Waals surface area contributed by atoms with Crippen LogP contribution in [0, 0.1) is 11.8 Å². The Morgan fingerprint density at radius 2 is 0.661 bits per heavy atom. The molecule has 4 aliphatic heterocycles. The summed E-state index contributed by atoms with van der Waals surface area (Å²) in [6.07, 6.45) is 7.37. The molecule has 0 aromatic heterocycles. The summed E-state index contributed by atoms with van der Waals surface area (Å²) >= 11 is 0. The minimum atomic E-state index is -0.698. The molecule has 12 heteroatoms. The lowest BCUT2D eigenvalue weighted by Crippen LogP contribution is -2.45. The van der Waals surface area contributed by atoms with Crippen molar-refractivity contribution in [1.29, 1.82) is 0 Å². The van der Waals surface area contributed by atoms with Crippen LogP contribution < -0.4 is 9.80 Å². The van der Waals surface area contributed by atoms with Crippen LogP contribution in [0.15, 0.2) is 72.8 Å². The van der Waals surface area contributed by atoms with Gasteiger partial charge in [0.05, 0.1) is 11.4 Å². The monoisotopic (exact) mass is 830 g/mol. The van der Waals surface area contributed by atoms with Crippen LogP contribution in [0.2, 0.25) is 0 Å². The van der Waals surface area contributed by atoms with Gasteiger partial charge in [0.25, 0.3) is 47.3 Å². The van der Waals surface area contributed by atoms with E-state index in [4.69, 9.17) is 0 Å². The largest absolute Gasteiger partial charge is 0.274 e. The summed E-state index contributed by atoms with van der Waals surface area (Å²) in [5.74, 6) is -4.35. The van der Waals surface area contributed by atoms with E-state index in [1.807, 2.05) is 13.8 Å². The van der Waals surface area contributed by atoms with Gasteiger partial charge in [0.15, 0.2) is 0 Å². The molecule has 2 atom stereocenters. The van der Waals surface area contributed by atoms with Crippen molar-refractivity contribution < 1.29 is 38.4 Å². The zero-order chi connectivity index (χ0) is 43.7. The molecule has 0 saturated heterocycles. The molecule has 5 aromatic rings. The fraction of sp³-hybridized carbons (Fsp3) is 0.320. The van der Waals surface area contributed by atoms with Crippen LogP contribution in [-0.2, 0) is 0 Å². The van der Waals surface area contributed by atoms with Gasteiger partial charge in [0.1, 0.15) is 0 Å². The Morgan fingerprint density at radius 3 is 0.919 bits per heavy atom. The molecule has 8 amide bonds. The fourth-order valence-corrected chi connectivity index (χ4v) is 9.77. The van der Waals surface area contributed by atoms with Crippen LogP contribution in [0.1, 0.15) is 162 Å². The number of benzene rings is 5. The van der Waals surface area contributed by atoms with Crippen LogP contribution >= 0.6 is 0 Å². The number of imide groups is 4. The van der Waals surface area contributed by atoms with E-state index in [0.717, 1.165) is 61.2 Å². The summed E-state index contributed by atoms with van der Waals surface area (Å²) in [5, 5.41) is 1.03. The molecule has 2 unspecified atom stereocenters. The Labute approximate surface area is 358 Å². The van der Waals surface area contributed by atoms with E-state index in [9.17, 15) is 38.4 Å². The van der Waals surface area contributed by atoms with Gasteiger partial charge in [-0.3, -0.25) is 48.2 Å². The van der Waals surface area contributed by atoms with Crippen molar-refractivity contribution in [2.45, 2.75) is 79.1 Å². The number of rotatable bonds is 14. The molecule has 0 bridgehead atoms. The second kappa shape index (κ2) is 15.6. The third kappa shape index (κ3) is 6.01. The first-order valence-corrected chi connectivity index (χ1v) is 21.7. The molecule has 9 rings (SSSR count). The van der Waals surface area contributed by atoms with Crippen LogP contribution in [0.3, 0.4) is 0 Å². The van der Waals surface area contributed by atoms with Crippen molar-refractivity contribution in [2.24, 2.45) is 11.8 Å². The summed E-state index contributed by atoms with van der Waals surface area (Å²) in [7, 11) is 0. The summed E-state index contributed by atoms with van der Waals surface area (Å²) in [5.41, 5.74) is 1.69. The molecule has 12 nitrogen and oxygen atoms in total. The van der Waals surface area contributed by atoms with Gasteiger partial charge in [-0.1, -0.05) is 72.3 Å². The number of hydrogen-bond acceptors (Lipinski definition) is 8. The first-order chi connectivity index (χ1) is 29.9. The van der Waals surface area contributed by atoms with Gasteiger partial charge >= 0.3 is 0 Å². The quantitative estimate of drug-likeness (QED) is 0.101. The zero-order valence-electron chi connectivity index (χ0n) is 35.2. The number of amides is 8. The van der Waals surface area contributed by atoms with E-state index in [0.29, 0.717) is 0 Å². The van der Waals surface area contributed by atoms with Crippen molar-refractivity contribution in [2.75, 3.05) is 22.9 Å². The highest BCUT2D eigenvalue weighted by molar-refractivity contribution is 6.41. The average molecular weight is 831 g/mol. The maximum atomic E-state index is 14.4. The molecular weight excluding hydrogens is 785 g/mol. The lowest BCUT2D eigenvalue weighted by molar-refractivity contribution is 0.0565. The molecule has 4 heterocycles. The molecule has 5 aromatic carbocycles. The molecule has 62 heavy (non-hydrogen) atoms. The van der Waals surface area contributed by atoms with E-state index < -0.39 is 47.3 Å². The molecule has 4 aliphatic rings. The van der Waals surface area contributed by atoms with E-state index in [1.165, 1.54) is 82.6 Å². The first-order valence-electron chi connectivity index (χ1n) is 21.7. The van der Waals surface area contributed by atoms with E-state index >= 15 is 0 Å². The van der Waals surface area contributed by atoms with Crippen molar-refractivity contribution in [3.63, 3.8) is 0 Å². The summed E-state index contributed by atoms with van der Waals surface area (Å²) < 4.78 is 0. The van der Waals surface area contributed by atoms with Crippen molar-refractivity contribution in [3.8, 4) is 0 Å². The topological polar surface area (TPSA) is 150 Å². The maximum absolute atomic E-state index is 14.4. The minimum Gasteiger partial charge on any atom is -0.274 e. The third-order valence-electron chi connectivity index (χ3n) is 13.3. The molecule has 0 fully saturated rings. The normalized spacial score (nSPS) is 16.7. The summed E-state index contributed by atoms with van der Waals surface area (Å²) in [6, 6.07) is 18.2. The van der Waals surface area contributed by atoms with Gasteiger partial charge in [-0.15, -0.1) is 0 Å². The molecular formula is C50H46N4O8. The van der Waals surface area contributed by atoms with Crippen molar-refractivity contribution in [3.05, 3.63) is 117 Å². The number of unbranched alkanes of at least 4 members (excludes halogenated alkanes) is 2. The second-order valence-electron chi connectivity index (χ2n) is 16.8. The highest BCUT2D eigenvalue weighted by Crippen LogP contribution is 2.42. The number of hydrogen-bond donors (Lipinski definition) is 0. The number of nitrogens with zero attached hydrogens (tertiary/aromatic N) is 4. The molecule has 0 radical (unpaired) electrons. The molecule has 0 spiro atoms. The number of carbonyl (C=O) groups excluding carboxylic acids is 8. The van der Waals surface area contributed by atoms with Crippen molar-refractivity contribution in [1.82, 2.24) is 9.80 Å². The van der Waals surface area contributed by atoms with Gasteiger partial charge in [-0.2, -0.15) is 0 Å². The lowest BCUT2D eigenvalue weighted by Gasteiger charge is -2.34. The van der Waals surface area contributed by atoms with E-state index in [-0.39, 0.29) is 102 Å². The Kier molecular flexibility index (Phi) is 10.2. The van der Waals surface area contributed by atoms with Gasteiger partial charge < -0.3 is 0 Å². The predicted molar refractivity (Wildman–Crippen MR) is 234 cm³/mol. The predicted octanol–water partition coefficient (Wildman–Crippen LogP) is 9.22. The Bertz CT molecular complexity index is 2530. The van der Waals surface area contributed by atoms with Gasteiger partial charge in [0, 0.05) is 79.1 Å². The van der Waals surface area contributed by atoms with Crippen LogP contribution in [0.5, 0.6) is 0 Å². The van der Waals surface area contributed by atoms with E-state index in [1.54, 1.807) is 0 Å². The standard InChI is InChI=1S/C50H46N4O8/c1-5-9-12-27(7-3)25-51-43(55)31-16-20-35-41-36(21-17-32(39(31)41)44(51)56)48(60)53(47(35)59)29-14-11-15-30(24-29)54-49(61)37-22-18-33-40-34(19-23-38(42(37)40)50(54)62)46(58)52(45(33)57)26-28(8-4)13-10-6-2/h11,14-24,27-28H,5-10,12-13,25-26H2,1-4H3. The highest BCUT2D eigenvalue weighted by Gasteiger charge is 2.43. The average Bonchev–Trinajstić information content (AvgIpc) is 3.28. The molecule has 0 saturated carbocycles.